The minimum atomic E-state index is -0.360. The van der Waals surface area contributed by atoms with Crippen LogP contribution in [0.4, 0.5) is 0 Å². The first-order valence-corrected chi connectivity index (χ1v) is 8.03. The van der Waals surface area contributed by atoms with Crippen LogP contribution in [0.5, 0.6) is 0 Å². The molecule has 0 amide bonds. The molecule has 2 rings (SSSR count). The highest BCUT2D eigenvalue weighted by Gasteiger charge is 2.50. The van der Waals surface area contributed by atoms with E-state index in [1.54, 1.807) is 0 Å². The molecule has 1 aliphatic heterocycles. The second kappa shape index (κ2) is 4.57. The summed E-state index contributed by atoms with van der Waals surface area (Å²) in [6.07, 6.45) is 10.3. The third-order valence-corrected chi connectivity index (χ3v) is 6.20. The van der Waals surface area contributed by atoms with Crippen LogP contribution in [0.25, 0.3) is 0 Å². The zero-order valence-corrected chi connectivity index (χ0v) is 14.9. The van der Waals surface area contributed by atoms with Crippen molar-refractivity contribution in [2.24, 2.45) is 10.8 Å². The van der Waals surface area contributed by atoms with Crippen LogP contribution in [-0.2, 0) is 0 Å². The van der Waals surface area contributed by atoms with Crippen LogP contribution in [0, 0.1) is 10.8 Å². The number of allylic oxidation sites excluding steroid dienone is 2. The van der Waals surface area contributed by atoms with Crippen molar-refractivity contribution in [3.63, 3.8) is 0 Å². The highest BCUT2D eigenvalue weighted by molar-refractivity contribution is 5.52. The van der Waals surface area contributed by atoms with Gasteiger partial charge >= 0.3 is 0 Å². The molecule has 0 aromatic rings. The molecule has 21 heavy (non-hydrogen) atoms. The van der Waals surface area contributed by atoms with E-state index in [2.05, 4.69) is 79.7 Å². The highest BCUT2D eigenvalue weighted by atomic mass is 16.5. The summed E-state index contributed by atoms with van der Waals surface area (Å²) in [7, 11) is 0. The standard InChI is InChI=1S/C19H31NO/c1-9-16(2,3)19(8)12-10-14-15(11-13-19)18(6,7)20(21)17(14,4)5/h10-13,21H,9H2,1-8H3. The molecule has 0 bridgehead atoms. The van der Waals surface area contributed by atoms with Crippen LogP contribution in [0.2, 0.25) is 0 Å². The lowest BCUT2D eigenvalue weighted by Crippen LogP contribution is -2.48. The van der Waals surface area contributed by atoms with Crippen molar-refractivity contribution in [3.8, 4) is 0 Å². The van der Waals surface area contributed by atoms with Gasteiger partial charge in [0.05, 0.1) is 11.1 Å². The smallest absolute Gasteiger partial charge is 0.0665 e. The molecule has 2 nitrogen and oxygen atoms in total. The molecule has 0 aromatic heterocycles. The number of hydroxylamine groups is 2. The predicted molar refractivity (Wildman–Crippen MR) is 89.3 cm³/mol. The van der Waals surface area contributed by atoms with Crippen molar-refractivity contribution in [1.82, 2.24) is 5.06 Å². The van der Waals surface area contributed by atoms with Gasteiger partial charge in [-0.05, 0) is 50.7 Å². The highest BCUT2D eigenvalue weighted by Crippen LogP contribution is 2.50. The van der Waals surface area contributed by atoms with Crippen molar-refractivity contribution in [2.45, 2.75) is 72.9 Å². The minimum Gasteiger partial charge on any atom is -0.312 e. The van der Waals surface area contributed by atoms with Gasteiger partial charge in [-0.25, -0.2) is 0 Å². The van der Waals surface area contributed by atoms with Crippen molar-refractivity contribution in [1.29, 1.82) is 0 Å². The van der Waals surface area contributed by atoms with Crippen LogP contribution < -0.4 is 0 Å². The van der Waals surface area contributed by atoms with Crippen LogP contribution in [0.15, 0.2) is 35.5 Å². The molecule has 0 saturated heterocycles. The van der Waals surface area contributed by atoms with Gasteiger partial charge in [0.2, 0.25) is 0 Å². The largest absolute Gasteiger partial charge is 0.312 e. The fourth-order valence-electron chi connectivity index (χ4n) is 3.57. The van der Waals surface area contributed by atoms with Crippen molar-refractivity contribution < 1.29 is 5.21 Å². The molecule has 2 aliphatic rings. The zero-order chi connectivity index (χ0) is 16.3. The molecule has 0 unspecified atom stereocenters. The van der Waals surface area contributed by atoms with Gasteiger partial charge in [-0.3, -0.25) is 0 Å². The van der Waals surface area contributed by atoms with Gasteiger partial charge in [0.15, 0.2) is 0 Å². The Labute approximate surface area is 130 Å². The SMILES string of the molecule is CCC(C)(C)C1(C)C=CC2=C(C=C1)C(C)(C)N(O)C2(C)C. The first kappa shape index (κ1) is 16.5. The second-order valence-electron chi connectivity index (χ2n) is 8.44. The first-order valence-electron chi connectivity index (χ1n) is 8.03. The maximum Gasteiger partial charge on any atom is 0.0665 e. The van der Waals surface area contributed by atoms with Gasteiger partial charge < -0.3 is 5.21 Å². The van der Waals surface area contributed by atoms with E-state index in [1.165, 1.54) is 16.2 Å². The third kappa shape index (κ3) is 2.15. The van der Waals surface area contributed by atoms with E-state index in [1.807, 2.05) is 0 Å². The van der Waals surface area contributed by atoms with E-state index < -0.39 is 0 Å². The summed E-state index contributed by atoms with van der Waals surface area (Å²) in [5.41, 5.74) is 1.96. The van der Waals surface area contributed by atoms with Gasteiger partial charge in [-0.1, -0.05) is 52.0 Å². The van der Waals surface area contributed by atoms with Crippen LogP contribution in [0.3, 0.4) is 0 Å². The predicted octanol–water partition coefficient (Wildman–Crippen LogP) is 5.11. The van der Waals surface area contributed by atoms with Gasteiger partial charge in [0.25, 0.3) is 0 Å². The Morgan fingerprint density at radius 2 is 1.33 bits per heavy atom. The number of hydrogen-bond acceptors (Lipinski definition) is 2. The molecule has 2 heteroatoms. The van der Waals surface area contributed by atoms with Crippen LogP contribution >= 0.6 is 0 Å². The Morgan fingerprint density at radius 3 is 1.67 bits per heavy atom. The summed E-state index contributed by atoms with van der Waals surface area (Å²) in [4.78, 5) is 0. The first-order chi connectivity index (χ1) is 9.40. The van der Waals surface area contributed by atoms with Crippen molar-refractivity contribution >= 4 is 0 Å². The van der Waals surface area contributed by atoms with E-state index in [4.69, 9.17) is 0 Å². The molecule has 0 atom stereocenters. The summed E-state index contributed by atoms with van der Waals surface area (Å²) in [5, 5.41) is 12.1. The van der Waals surface area contributed by atoms with E-state index in [0.717, 1.165) is 6.42 Å². The van der Waals surface area contributed by atoms with Crippen molar-refractivity contribution in [3.05, 3.63) is 35.5 Å². The molecule has 0 fully saturated rings. The van der Waals surface area contributed by atoms with Crippen LogP contribution in [0.1, 0.15) is 61.8 Å². The lowest BCUT2D eigenvalue weighted by atomic mass is 9.65. The average Bonchev–Trinajstić information content (AvgIpc) is 2.55. The quantitative estimate of drug-likeness (QED) is 0.763. The minimum absolute atomic E-state index is 0.0263. The molecule has 0 spiro atoms. The van der Waals surface area contributed by atoms with Gasteiger partial charge in [-0.2, -0.15) is 5.06 Å². The number of rotatable bonds is 2. The van der Waals surface area contributed by atoms with Gasteiger partial charge in [-0.15, -0.1) is 0 Å². The second-order valence-corrected chi connectivity index (χ2v) is 8.44. The summed E-state index contributed by atoms with van der Waals surface area (Å²) in [5.74, 6) is 0. The Kier molecular flexibility index (Phi) is 3.59. The molecule has 0 saturated carbocycles. The Bertz CT molecular complexity index is 496. The van der Waals surface area contributed by atoms with Gasteiger partial charge in [0, 0.05) is 5.41 Å². The molecule has 0 radical (unpaired) electrons. The Hall–Kier alpha value is -0.860. The zero-order valence-electron chi connectivity index (χ0n) is 14.9. The summed E-state index contributed by atoms with van der Waals surface area (Å²) < 4.78 is 0. The van der Waals surface area contributed by atoms with E-state index >= 15 is 0 Å². The van der Waals surface area contributed by atoms with Gasteiger partial charge in [0.1, 0.15) is 0 Å². The summed E-state index contributed by atoms with van der Waals surface area (Å²) in [6, 6.07) is 0. The normalized spacial score (nSPS) is 26.9. The molecule has 118 valence electrons. The Morgan fingerprint density at radius 1 is 0.952 bits per heavy atom. The lowest BCUT2D eigenvalue weighted by Gasteiger charge is -2.41. The fourth-order valence-corrected chi connectivity index (χ4v) is 3.57. The van der Waals surface area contributed by atoms with Crippen molar-refractivity contribution in [2.75, 3.05) is 0 Å². The van der Waals surface area contributed by atoms with Crippen LogP contribution in [-0.4, -0.2) is 21.3 Å². The lowest BCUT2D eigenvalue weighted by molar-refractivity contribution is -0.186. The molecule has 1 N–H and O–H groups in total. The number of nitrogens with zero attached hydrogens (tertiary/aromatic N) is 1. The summed E-state index contributed by atoms with van der Waals surface area (Å²) >= 11 is 0. The monoisotopic (exact) mass is 289 g/mol. The fraction of sp³-hybridized carbons (Fsp3) is 0.684. The number of hydrogen-bond donors (Lipinski definition) is 1. The molecular weight excluding hydrogens is 258 g/mol. The Balaban J connectivity index is 2.55. The van der Waals surface area contributed by atoms with E-state index in [0.29, 0.717) is 0 Å². The topological polar surface area (TPSA) is 23.5 Å². The maximum absolute atomic E-state index is 10.6. The third-order valence-electron chi connectivity index (χ3n) is 6.20. The molecule has 1 heterocycles. The molecular formula is C19H31NO. The summed E-state index contributed by atoms with van der Waals surface area (Å²) in [6.45, 7) is 17.6. The van der Waals surface area contributed by atoms with E-state index in [-0.39, 0.29) is 21.9 Å². The average molecular weight is 289 g/mol. The van der Waals surface area contributed by atoms with E-state index in [9.17, 15) is 5.21 Å². The molecule has 1 aliphatic carbocycles. The maximum atomic E-state index is 10.6. The molecule has 0 aromatic carbocycles.